The van der Waals surface area contributed by atoms with E-state index in [2.05, 4.69) is 5.32 Å². The van der Waals surface area contributed by atoms with Gasteiger partial charge in [0.1, 0.15) is 6.10 Å². The van der Waals surface area contributed by atoms with Crippen LogP contribution in [0.25, 0.3) is 0 Å². The summed E-state index contributed by atoms with van der Waals surface area (Å²) in [5.74, 6) is 0.364. The molecule has 4 nitrogen and oxygen atoms in total. The minimum atomic E-state index is -0.444. The first-order chi connectivity index (χ1) is 10.2. The summed E-state index contributed by atoms with van der Waals surface area (Å²) in [6.07, 6.45) is 3.42. The third kappa shape index (κ3) is 5.14. The van der Waals surface area contributed by atoms with Gasteiger partial charge in [0, 0.05) is 12.6 Å². The summed E-state index contributed by atoms with van der Waals surface area (Å²) in [5.41, 5.74) is 1.07. The van der Waals surface area contributed by atoms with Crippen molar-refractivity contribution in [2.45, 2.75) is 51.4 Å². The Labute approximate surface area is 126 Å². The van der Waals surface area contributed by atoms with Crippen molar-refractivity contribution in [3.05, 3.63) is 35.9 Å². The van der Waals surface area contributed by atoms with Gasteiger partial charge >= 0.3 is 0 Å². The highest BCUT2D eigenvalue weighted by Crippen LogP contribution is 2.23. The lowest BCUT2D eigenvalue weighted by Crippen LogP contribution is -2.43. The van der Waals surface area contributed by atoms with Crippen molar-refractivity contribution < 1.29 is 14.6 Å². The number of hydrogen-bond acceptors (Lipinski definition) is 3. The summed E-state index contributed by atoms with van der Waals surface area (Å²) in [6, 6.07) is 10.1. The number of carbonyl (C=O) groups excluding carboxylic acids is 1. The van der Waals surface area contributed by atoms with E-state index in [-0.39, 0.29) is 18.6 Å². The van der Waals surface area contributed by atoms with Gasteiger partial charge in [0.25, 0.3) is 0 Å². The van der Waals surface area contributed by atoms with Crippen LogP contribution in [0.3, 0.4) is 0 Å². The largest absolute Gasteiger partial charge is 0.396 e. The van der Waals surface area contributed by atoms with Gasteiger partial charge in [-0.3, -0.25) is 4.79 Å². The fourth-order valence-electron chi connectivity index (χ4n) is 2.68. The van der Waals surface area contributed by atoms with Gasteiger partial charge in [-0.2, -0.15) is 0 Å². The van der Waals surface area contributed by atoms with Gasteiger partial charge < -0.3 is 15.2 Å². The molecule has 0 spiro atoms. The molecule has 1 aliphatic carbocycles. The van der Waals surface area contributed by atoms with Gasteiger partial charge in [-0.1, -0.05) is 30.3 Å². The van der Waals surface area contributed by atoms with E-state index in [0.717, 1.165) is 31.2 Å². The molecule has 1 atom stereocenters. The number of hydrogen-bond donors (Lipinski definition) is 2. The Bertz CT molecular complexity index is 427. The highest BCUT2D eigenvalue weighted by molar-refractivity contribution is 5.80. The maximum atomic E-state index is 12.1. The van der Waals surface area contributed by atoms with E-state index in [9.17, 15) is 4.79 Å². The Kier molecular flexibility index (Phi) is 6.21. The van der Waals surface area contributed by atoms with Crippen molar-refractivity contribution in [2.75, 3.05) is 6.61 Å². The van der Waals surface area contributed by atoms with Crippen LogP contribution in [0.4, 0.5) is 0 Å². The molecule has 0 aromatic heterocycles. The molecule has 21 heavy (non-hydrogen) atoms. The second-order valence-corrected chi connectivity index (χ2v) is 5.85. The van der Waals surface area contributed by atoms with Gasteiger partial charge in [-0.05, 0) is 44.1 Å². The zero-order valence-electron chi connectivity index (χ0n) is 12.6. The van der Waals surface area contributed by atoms with E-state index in [0.29, 0.717) is 12.5 Å². The van der Waals surface area contributed by atoms with Crippen molar-refractivity contribution in [1.82, 2.24) is 5.32 Å². The van der Waals surface area contributed by atoms with Crippen LogP contribution in [0, 0.1) is 5.92 Å². The van der Waals surface area contributed by atoms with Gasteiger partial charge in [-0.25, -0.2) is 0 Å². The zero-order chi connectivity index (χ0) is 15.1. The molecule has 116 valence electrons. The summed E-state index contributed by atoms with van der Waals surface area (Å²) in [6.45, 7) is 2.50. The van der Waals surface area contributed by atoms with Crippen LogP contribution >= 0.6 is 0 Å². The number of benzene rings is 1. The Morgan fingerprint density at radius 3 is 2.57 bits per heavy atom. The summed E-state index contributed by atoms with van der Waals surface area (Å²) < 4.78 is 5.62. The van der Waals surface area contributed by atoms with E-state index in [1.807, 2.05) is 30.3 Å². The molecule has 1 unspecified atom stereocenters. The smallest absolute Gasteiger partial charge is 0.249 e. The predicted molar refractivity (Wildman–Crippen MR) is 81.7 cm³/mol. The highest BCUT2D eigenvalue weighted by Gasteiger charge is 2.23. The lowest BCUT2D eigenvalue weighted by Gasteiger charge is -2.28. The average Bonchev–Trinajstić information content (AvgIpc) is 2.54. The van der Waals surface area contributed by atoms with Crippen LogP contribution in [-0.2, 0) is 16.1 Å². The lowest BCUT2D eigenvalue weighted by atomic mass is 9.86. The minimum absolute atomic E-state index is 0.0432. The number of aliphatic hydroxyl groups is 1. The molecule has 4 heteroatoms. The molecule has 1 aromatic rings. The molecule has 0 bridgehead atoms. The highest BCUT2D eigenvalue weighted by atomic mass is 16.5. The molecular formula is C17H25NO3. The molecule has 0 radical (unpaired) electrons. The second kappa shape index (κ2) is 8.15. The van der Waals surface area contributed by atoms with Crippen molar-refractivity contribution in [1.29, 1.82) is 0 Å². The van der Waals surface area contributed by atoms with Crippen LogP contribution in [0.5, 0.6) is 0 Å². The van der Waals surface area contributed by atoms with E-state index < -0.39 is 6.10 Å². The van der Waals surface area contributed by atoms with Crippen LogP contribution in [0.2, 0.25) is 0 Å². The Hall–Kier alpha value is -1.39. The fraction of sp³-hybridized carbons (Fsp3) is 0.588. The first kappa shape index (κ1) is 16.0. The minimum Gasteiger partial charge on any atom is -0.396 e. The summed E-state index contributed by atoms with van der Waals surface area (Å²) in [4.78, 5) is 12.1. The number of amides is 1. The molecule has 1 fully saturated rings. The number of nitrogens with one attached hydrogen (secondary N) is 1. The predicted octanol–water partition coefficient (Wildman–Crippen LogP) is 2.26. The number of carbonyl (C=O) groups is 1. The van der Waals surface area contributed by atoms with Gasteiger partial charge in [0.15, 0.2) is 0 Å². The van der Waals surface area contributed by atoms with E-state index in [1.165, 1.54) is 0 Å². The molecule has 1 saturated carbocycles. The summed E-state index contributed by atoms with van der Waals surface area (Å²) >= 11 is 0. The monoisotopic (exact) mass is 291 g/mol. The average molecular weight is 291 g/mol. The normalized spacial score (nSPS) is 23.5. The molecular weight excluding hydrogens is 266 g/mol. The third-order valence-electron chi connectivity index (χ3n) is 4.16. The lowest BCUT2D eigenvalue weighted by molar-refractivity contribution is -0.133. The van der Waals surface area contributed by atoms with E-state index >= 15 is 0 Å². The third-order valence-corrected chi connectivity index (χ3v) is 4.16. The Balaban J connectivity index is 1.70. The molecule has 1 aromatic carbocycles. The topological polar surface area (TPSA) is 58.6 Å². The number of rotatable bonds is 6. The maximum Gasteiger partial charge on any atom is 0.249 e. The van der Waals surface area contributed by atoms with Gasteiger partial charge in [0.2, 0.25) is 5.91 Å². The molecule has 0 aliphatic heterocycles. The first-order valence-corrected chi connectivity index (χ1v) is 7.75. The SMILES string of the molecule is CC(OCc1ccccc1)C(=O)NC1CCC(CO)CC1. The van der Waals surface area contributed by atoms with Crippen LogP contribution in [0.15, 0.2) is 30.3 Å². The van der Waals surface area contributed by atoms with Crippen LogP contribution in [0.1, 0.15) is 38.2 Å². The van der Waals surface area contributed by atoms with Crippen molar-refractivity contribution in [2.24, 2.45) is 5.92 Å². The fourth-order valence-corrected chi connectivity index (χ4v) is 2.68. The van der Waals surface area contributed by atoms with Crippen molar-refractivity contribution in [3.8, 4) is 0 Å². The van der Waals surface area contributed by atoms with Gasteiger partial charge in [-0.15, -0.1) is 0 Å². The Morgan fingerprint density at radius 2 is 1.95 bits per heavy atom. The quantitative estimate of drug-likeness (QED) is 0.845. The second-order valence-electron chi connectivity index (χ2n) is 5.85. The van der Waals surface area contributed by atoms with Gasteiger partial charge in [0.05, 0.1) is 6.61 Å². The Morgan fingerprint density at radius 1 is 1.29 bits per heavy atom. The van der Waals surface area contributed by atoms with E-state index in [1.54, 1.807) is 6.92 Å². The molecule has 1 aliphatic rings. The number of ether oxygens (including phenoxy) is 1. The molecule has 0 heterocycles. The standard InChI is InChI=1S/C17H25NO3/c1-13(21-12-15-5-3-2-4-6-15)17(20)18-16-9-7-14(11-19)8-10-16/h2-6,13-14,16,19H,7-12H2,1H3,(H,18,20). The molecule has 2 rings (SSSR count). The first-order valence-electron chi connectivity index (χ1n) is 7.75. The molecule has 1 amide bonds. The maximum absolute atomic E-state index is 12.1. The molecule has 2 N–H and O–H groups in total. The van der Waals surface area contributed by atoms with Crippen molar-refractivity contribution >= 4 is 5.91 Å². The zero-order valence-corrected chi connectivity index (χ0v) is 12.6. The molecule has 0 saturated heterocycles. The van der Waals surface area contributed by atoms with E-state index in [4.69, 9.17) is 9.84 Å². The summed E-state index contributed by atoms with van der Waals surface area (Å²) in [7, 11) is 0. The van der Waals surface area contributed by atoms with Crippen LogP contribution < -0.4 is 5.32 Å². The summed E-state index contributed by atoms with van der Waals surface area (Å²) in [5, 5.41) is 12.2. The van der Waals surface area contributed by atoms with Crippen molar-refractivity contribution in [3.63, 3.8) is 0 Å². The van der Waals surface area contributed by atoms with Crippen LogP contribution in [-0.4, -0.2) is 29.8 Å². The number of aliphatic hydroxyl groups excluding tert-OH is 1.